The van der Waals surface area contributed by atoms with Gasteiger partial charge < -0.3 is 0 Å². The lowest BCUT2D eigenvalue weighted by Crippen LogP contribution is -2.40. The van der Waals surface area contributed by atoms with Crippen molar-refractivity contribution in [2.45, 2.75) is 32.4 Å². The van der Waals surface area contributed by atoms with Gasteiger partial charge in [-0.05, 0) is 55.0 Å². The number of hydrogen-bond acceptors (Lipinski definition) is 3. The van der Waals surface area contributed by atoms with Gasteiger partial charge in [0.25, 0.3) is 18.1 Å². The highest BCUT2D eigenvalue weighted by molar-refractivity contribution is 9.10. The number of nitrogens with zero attached hydrogens (tertiary/aromatic N) is 4. The zero-order valence-corrected chi connectivity index (χ0v) is 21.9. The number of halogens is 3. The standard InChI is InChI=1S/C26H22BrCl2N4O2/c27-22-10-9-21-24-19(22)5-4-6-20(24)25(34)33(26(21)35)12-3-1-2-11-32-16-31(15-30-32)14-17-7-8-18(28)13-23(17)29/h4-10,13,15-16H,1-3,11-12,14H2/q+1. The first-order valence-corrected chi connectivity index (χ1v) is 12.9. The number of rotatable bonds is 8. The number of aromatic nitrogens is 3. The maximum absolute atomic E-state index is 13.1. The van der Waals surface area contributed by atoms with E-state index in [0.29, 0.717) is 34.3 Å². The molecule has 35 heavy (non-hydrogen) atoms. The highest BCUT2D eigenvalue weighted by Gasteiger charge is 2.32. The monoisotopic (exact) mass is 571 g/mol. The Morgan fingerprint density at radius 3 is 2.49 bits per heavy atom. The highest BCUT2D eigenvalue weighted by atomic mass is 79.9. The molecule has 3 aromatic carbocycles. The van der Waals surface area contributed by atoms with Gasteiger partial charge in [-0.1, -0.05) is 57.3 Å². The van der Waals surface area contributed by atoms with Crippen LogP contribution in [0.25, 0.3) is 10.8 Å². The minimum Gasteiger partial charge on any atom is -0.274 e. The predicted molar refractivity (Wildman–Crippen MR) is 139 cm³/mol. The molecule has 0 unspecified atom stereocenters. The zero-order chi connectivity index (χ0) is 24.5. The second kappa shape index (κ2) is 10.1. The van der Waals surface area contributed by atoms with Gasteiger partial charge in [0.2, 0.25) is 6.33 Å². The lowest BCUT2D eigenvalue weighted by molar-refractivity contribution is -0.689. The van der Waals surface area contributed by atoms with Crippen LogP contribution >= 0.6 is 39.1 Å². The molecule has 4 aromatic rings. The van der Waals surface area contributed by atoms with Gasteiger partial charge in [0.1, 0.15) is 6.54 Å². The van der Waals surface area contributed by atoms with Crippen LogP contribution in [-0.2, 0) is 13.1 Å². The van der Waals surface area contributed by atoms with E-state index < -0.39 is 0 Å². The van der Waals surface area contributed by atoms with Gasteiger partial charge in [0, 0.05) is 48.2 Å². The molecule has 5 rings (SSSR count). The van der Waals surface area contributed by atoms with Crippen LogP contribution in [0.4, 0.5) is 0 Å². The van der Waals surface area contributed by atoms with E-state index in [0.717, 1.165) is 46.6 Å². The van der Waals surface area contributed by atoms with Gasteiger partial charge in [0.05, 0.1) is 6.54 Å². The molecule has 0 saturated carbocycles. The summed E-state index contributed by atoms with van der Waals surface area (Å²) in [5.74, 6) is -0.444. The SMILES string of the molecule is O=C1c2cccc3c(Br)ccc(c23)C(=O)N1CCCCCn1c[n+](Cc2ccc(Cl)cc2Cl)cn1. The van der Waals surface area contributed by atoms with Gasteiger partial charge >= 0.3 is 0 Å². The van der Waals surface area contributed by atoms with Crippen LogP contribution in [0.1, 0.15) is 45.5 Å². The number of carbonyl (C=O) groups is 2. The normalized spacial score (nSPS) is 13.2. The first-order chi connectivity index (χ1) is 16.9. The molecule has 0 atom stereocenters. The van der Waals surface area contributed by atoms with Gasteiger partial charge in [0.15, 0.2) is 0 Å². The fraction of sp³-hybridized carbons (Fsp3) is 0.231. The number of imide groups is 1. The summed E-state index contributed by atoms with van der Waals surface area (Å²) in [6.45, 7) is 1.76. The van der Waals surface area contributed by atoms with E-state index in [-0.39, 0.29) is 11.8 Å². The lowest BCUT2D eigenvalue weighted by atomic mass is 9.94. The first kappa shape index (κ1) is 24.0. The summed E-state index contributed by atoms with van der Waals surface area (Å²) in [6.07, 6.45) is 6.21. The Morgan fingerprint density at radius 1 is 0.914 bits per heavy atom. The van der Waals surface area contributed by atoms with Gasteiger partial charge in [-0.25, -0.2) is 4.57 Å². The molecular weight excluding hydrogens is 551 g/mol. The fourth-order valence-corrected chi connectivity index (χ4v) is 5.37. The van der Waals surface area contributed by atoms with Crippen molar-refractivity contribution in [3.05, 3.63) is 92.4 Å². The third kappa shape index (κ3) is 4.85. The average Bonchev–Trinajstić information content (AvgIpc) is 3.29. The number of hydrogen-bond donors (Lipinski definition) is 0. The summed E-state index contributed by atoms with van der Waals surface area (Å²) in [4.78, 5) is 27.5. The summed E-state index contributed by atoms with van der Waals surface area (Å²) in [6, 6.07) is 14.7. The van der Waals surface area contributed by atoms with Gasteiger partial charge in [-0.3, -0.25) is 14.5 Å². The Morgan fingerprint density at radius 2 is 1.69 bits per heavy atom. The Hall–Kier alpha value is -2.74. The summed E-state index contributed by atoms with van der Waals surface area (Å²) < 4.78 is 4.73. The van der Waals surface area contributed by atoms with Crippen molar-refractivity contribution < 1.29 is 14.2 Å². The summed E-state index contributed by atoms with van der Waals surface area (Å²) >= 11 is 15.8. The molecule has 0 fully saturated rings. The van der Waals surface area contributed by atoms with Crippen LogP contribution in [0.5, 0.6) is 0 Å². The summed E-state index contributed by atoms with van der Waals surface area (Å²) in [7, 11) is 0. The van der Waals surface area contributed by atoms with Crippen molar-refractivity contribution >= 4 is 61.7 Å². The van der Waals surface area contributed by atoms with Crippen molar-refractivity contribution in [3.8, 4) is 0 Å². The second-order valence-electron chi connectivity index (χ2n) is 8.56. The van der Waals surface area contributed by atoms with Crippen molar-refractivity contribution in [2.75, 3.05) is 6.54 Å². The Labute approximate surface area is 221 Å². The molecule has 1 aliphatic heterocycles. The number of benzene rings is 3. The second-order valence-corrected chi connectivity index (χ2v) is 10.3. The maximum Gasteiger partial charge on any atom is 0.265 e. The number of amides is 2. The topological polar surface area (TPSA) is 59.1 Å². The van der Waals surface area contributed by atoms with Crippen LogP contribution < -0.4 is 4.57 Å². The van der Waals surface area contributed by atoms with E-state index >= 15 is 0 Å². The minimum absolute atomic E-state index is 0.222. The van der Waals surface area contributed by atoms with E-state index in [9.17, 15) is 9.59 Å². The highest BCUT2D eigenvalue weighted by Crippen LogP contribution is 2.34. The van der Waals surface area contributed by atoms with Crippen molar-refractivity contribution in [1.82, 2.24) is 14.7 Å². The third-order valence-corrected chi connectivity index (χ3v) is 7.48. The molecule has 0 spiro atoms. The Kier molecular flexibility index (Phi) is 6.91. The maximum atomic E-state index is 13.1. The Bertz CT molecular complexity index is 1430. The molecule has 0 bridgehead atoms. The van der Waals surface area contributed by atoms with Crippen molar-refractivity contribution in [3.63, 3.8) is 0 Å². The minimum atomic E-state index is -0.222. The third-order valence-electron chi connectivity index (χ3n) is 6.21. The smallest absolute Gasteiger partial charge is 0.265 e. The van der Waals surface area contributed by atoms with E-state index in [4.69, 9.17) is 23.2 Å². The molecule has 6 nitrogen and oxygen atoms in total. The molecule has 0 saturated heterocycles. The first-order valence-electron chi connectivity index (χ1n) is 11.4. The molecule has 178 valence electrons. The van der Waals surface area contributed by atoms with Crippen LogP contribution in [0.3, 0.4) is 0 Å². The zero-order valence-electron chi connectivity index (χ0n) is 18.8. The van der Waals surface area contributed by atoms with E-state index in [1.807, 2.05) is 45.9 Å². The van der Waals surface area contributed by atoms with E-state index in [2.05, 4.69) is 21.0 Å². The van der Waals surface area contributed by atoms with E-state index in [1.165, 1.54) is 4.90 Å². The van der Waals surface area contributed by atoms with Crippen molar-refractivity contribution in [1.29, 1.82) is 0 Å². The van der Waals surface area contributed by atoms with Crippen molar-refractivity contribution in [2.24, 2.45) is 0 Å². The molecule has 0 radical (unpaired) electrons. The molecule has 0 aliphatic carbocycles. The fourth-order valence-electron chi connectivity index (χ4n) is 4.44. The molecular formula is C26H22BrCl2N4O2+. The molecule has 1 aliphatic rings. The quantitative estimate of drug-likeness (QED) is 0.150. The molecule has 9 heteroatoms. The molecule has 0 N–H and O–H groups in total. The number of aryl methyl sites for hydroxylation is 1. The Balaban J connectivity index is 1.15. The average molecular weight is 573 g/mol. The van der Waals surface area contributed by atoms with E-state index in [1.54, 1.807) is 24.5 Å². The molecule has 2 heterocycles. The van der Waals surface area contributed by atoms with Crippen LogP contribution in [0.2, 0.25) is 10.0 Å². The van der Waals surface area contributed by atoms with Crippen LogP contribution in [-0.4, -0.2) is 33.0 Å². The largest absolute Gasteiger partial charge is 0.274 e. The van der Waals surface area contributed by atoms with Gasteiger partial charge in [-0.15, -0.1) is 4.68 Å². The summed E-state index contributed by atoms with van der Waals surface area (Å²) in [5.41, 5.74) is 2.14. The van der Waals surface area contributed by atoms with Gasteiger partial charge in [-0.2, -0.15) is 0 Å². The molecule has 2 amide bonds. The molecule has 1 aromatic heterocycles. The lowest BCUT2D eigenvalue weighted by Gasteiger charge is -2.27. The number of unbranched alkanes of at least 4 members (excludes halogenated alkanes) is 2. The predicted octanol–water partition coefficient (Wildman–Crippen LogP) is 5.91. The van der Waals surface area contributed by atoms with Crippen LogP contribution in [0, 0.1) is 0 Å². The number of carbonyl (C=O) groups excluding carboxylic acids is 2. The summed E-state index contributed by atoms with van der Waals surface area (Å²) in [5, 5.41) is 7.28. The van der Waals surface area contributed by atoms with Crippen LogP contribution in [0.15, 0.2) is 65.7 Å².